The first kappa shape index (κ1) is 12.9. The number of amides is 1. The SMILES string of the molecule is C[C@]12CC3CC(NC(=O)c4cccs4)(C1)C[C@](C)(C3)C2. The van der Waals surface area contributed by atoms with E-state index in [4.69, 9.17) is 0 Å². The number of hydrogen-bond donors (Lipinski definition) is 1. The molecule has 0 spiro atoms. The molecule has 0 aromatic carbocycles. The average Bonchev–Trinajstić information content (AvgIpc) is 2.75. The smallest absolute Gasteiger partial charge is 0.261 e. The molecule has 0 radical (unpaired) electrons. The predicted molar refractivity (Wildman–Crippen MR) is 81.9 cm³/mol. The van der Waals surface area contributed by atoms with Crippen molar-refractivity contribution in [1.29, 1.82) is 0 Å². The van der Waals surface area contributed by atoms with Crippen LogP contribution in [0.15, 0.2) is 17.5 Å². The first-order valence-corrected chi connectivity index (χ1v) is 8.64. The zero-order valence-corrected chi connectivity index (χ0v) is 13.2. The summed E-state index contributed by atoms with van der Waals surface area (Å²) in [5.74, 6) is 0.971. The van der Waals surface area contributed by atoms with Gasteiger partial charge in [-0.25, -0.2) is 0 Å². The van der Waals surface area contributed by atoms with Gasteiger partial charge in [-0.1, -0.05) is 19.9 Å². The van der Waals surface area contributed by atoms with E-state index in [0.717, 1.165) is 10.8 Å². The minimum Gasteiger partial charge on any atom is -0.346 e. The van der Waals surface area contributed by atoms with Crippen LogP contribution in [0, 0.1) is 16.7 Å². The molecule has 4 fully saturated rings. The van der Waals surface area contributed by atoms with Crippen molar-refractivity contribution >= 4 is 17.2 Å². The number of rotatable bonds is 2. The highest BCUT2D eigenvalue weighted by atomic mass is 32.1. The van der Waals surface area contributed by atoms with Crippen molar-refractivity contribution in [3.8, 4) is 0 Å². The highest BCUT2D eigenvalue weighted by molar-refractivity contribution is 7.12. The second-order valence-electron chi connectivity index (χ2n) is 8.34. The van der Waals surface area contributed by atoms with E-state index in [-0.39, 0.29) is 11.4 Å². The number of hydrogen-bond acceptors (Lipinski definition) is 2. The molecular formula is C17H23NOS. The summed E-state index contributed by atoms with van der Waals surface area (Å²) in [6, 6.07) is 3.89. The Morgan fingerprint density at radius 1 is 1.20 bits per heavy atom. The van der Waals surface area contributed by atoms with E-state index in [2.05, 4.69) is 19.2 Å². The van der Waals surface area contributed by atoms with Crippen molar-refractivity contribution in [1.82, 2.24) is 5.32 Å². The van der Waals surface area contributed by atoms with Crippen LogP contribution in [0.4, 0.5) is 0 Å². The van der Waals surface area contributed by atoms with Gasteiger partial charge in [0.25, 0.3) is 5.91 Å². The minimum atomic E-state index is 0.0734. The fourth-order valence-corrected chi connectivity index (χ4v) is 6.92. The summed E-state index contributed by atoms with van der Waals surface area (Å²) >= 11 is 1.55. The first-order chi connectivity index (χ1) is 9.40. The Morgan fingerprint density at radius 3 is 2.45 bits per heavy atom. The molecule has 0 unspecified atom stereocenters. The van der Waals surface area contributed by atoms with Crippen LogP contribution in [0.1, 0.15) is 62.0 Å². The van der Waals surface area contributed by atoms with Crippen molar-refractivity contribution < 1.29 is 4.79 Å². The van der Waals surface area contributed by atoms with Gasteiger partial charge in [-0.2, -0.15) is 0 Å². The molecule has 20 heavy (non-hydrogen) atoms. The molecule has 108 valence electrons. The summed E-state index contributed by atoms with van der Waals surface area (Å²) in [4.78, 5) is 13.4. The van der Waals surface area contributed by atoms with E-state index in [0.29, 0.717) is 10.8 Å². The van der Waals surface area contributed by atoms with Gasteiger partial charge in [0, 0.05) is 5.54 Å². The lowest BCUT2D eigenvalue weighted by molar-refractivity contribution is -0.114. The van der Waals surface area contributed by atoms with Crippen LogP contribution in [-0.2, 0) is 0 Å². The van der Waals surface area contributed by atoms with E-state index in [1.54, 1.807) is 11.3 Å². The predicted octanol–water partition coefficient (Wildman–Crippen LogP) is 4.23. The standard InChI is InChI=1S/C17H23NOS/c1-15-6-12-7-16(2,9-15)11-17(8-12,10-15)18-14(19)13-4-3-5-20-13/h3-5,12H,6-11H2,1-2H3,(H,18,19)/t12?,15-,16-,17?/m1/s1. The van der Waals surface area contributed by atoms with E-state index < -0.39 is 0 Å². The molecule has 2 atom stereocenters. The Hall–Kier alpha value is -0.830. The molecule has 4 aliphatic rings. The molecule has 2 nitrogen and oxygen atoms in total. The van der Waals surface area contributed by atoms with Crippen LogP contribution < -0.4 is 5.32 Å². The zero-order valence-electron chi connectivity index (χ0n) is 12.4. The van der Waals surface area contributed by atoms with Gasteiger partial charge >= 0.3 is 0 Å². The fraction of sp³-hybridized carbons (Fsp3) is 0.706. The van der Waals surface area contributed by atoms with Gasteiger partial charge in [0.2, 0.25) is 0 Å². The zero-order chi connectivity index (χ0) is 14.0. The lowest BCUT2D eigenvalue weighted by Gasteiger charge is -2.65. The Bertz CT molecular complexity index is 531. The Balaban J connectivity index is 1.63. The molecule has 1 amide bonds. The van der Waals surface area contributed by atoms with Crippen LogP contribution in [0.2, 0.25) is 0 Å². The van der Waals surface area contributed by atoms with Gasteiger partial charge in [0.05, 0.1) is 4.88 Å². The topological polar surface area (TPSA) is 29.1 Å². The van der Waals surface area contributed by atoms with Gasteiger partial charge in [-0.05, 0) is 66.7 Å². The monoisotopic (exact) mass is 289 g/mol. The lowest BCUT2D eigenvalue weighted by atomic mass is 9.43. The number of nitrogens with one attached hydrogen (secondary N) is 1. The summed E-state index contributed by atoms with van der Waals surface area (Å²) in [6.07, 6.45) is 7.67. The first-order valence-electron chi connectivity index (χ1n) is 7.76. The molecule has 0 aliphatic heterocycles. The van der Waals surface area contributed by atoms with E-state index in [1.807, 2.05) is 17.5 Å². The summed E-state index contributed by atoms with van der Waals surface area (Å²) in [6.45, 7) is 4.89. The van der Waals surface area contributed by atoms with Crippen molar-refractivity contribution in [2.75, 3.05) is 0 Å². The normalized spacial score (nSPS) is 45.6. The largest absolute Gasteiger partial charge is 0.346 e. The highest BCUT2D eigenvalue weighted by Gasteiger charge is 2.60. The van der Waals surface area contributed by atoms with Crippen LogP contribution in [0.3, 0.4) is 0 Å². The quantitative estimate of drug-likeness (QED) is 0.867. The van der Waals surface area contributed by atoms with Gasteiger partial charge in [0.15, 0.2) is 0 Å². The van der Waals surface area contributed by atoms with Crippen LogP contribution in [0.5, 0.6) is 0 Å². The number of carbonyl (C=O) groups excluding carboxylic acids is 1. The van der Waals surface area contributed by atoms with E-state index in [9.17, 15) is 4.79 Å². The highest BCUT2D eigenvalue weighted by Crippen LogP contribution is 2.66. The molecule has 5 rings (SSSR count). The summed E-state index contributed by atoms with van der Waals surface area (Å²) in [5, 5.41) is 5.43. The summed E-state index contributed by atoms with van der Waals surface area (Å²) in [7, 11) is 0. The third kappa shape index (κ3) is 1.93. The van der Waals surface area contributed by atoms with Crippen molar-refractivity contribution in [3.05, 3.63) is 22.4 Å². The van der Waals surface area contributed by atoms with E-state index >= 15 is 0 Å². The molecule has 1 heterocycles. The molecule has 3 heteroatoms. The molecule has 1 aromatic heterocycles. The Labute approximate surface area is 125 Å². The molecule has 4 bridgehead atoms. The maximum atomic E-state index is 12.5. The van der Waals surface area contributed by atoms with Gasteiger partial charge in [-0.15, -0.1) is 11.3 Å². The Morgan fingerprint density at radius 2 is 1.90 bits per heavy atom. The molecule has 4 aliphatic carbocycles. The number of carbonyl (C=O) groups is 1. The molecule has 0 saturated heterocycles. The lowest BCUT2D eigenvalue weighted by Crippen LogP contribution is -2.65. The van der Waals surface area contributed by atoms with Crippen LogP contribution in [-0.4, -0.2) is 11.4 Å². The molecule has 1 aromatic rings. The molecule has 1 N–H and O–H groups in total. The Kier molecular flexibility index (Phi) is 2.50. The third-order valence-corrected chi connectivity index (χ3v) is 6.62. The maximum absolute atomic E-state index is 12.5. The van der Waals surface area contributed by atoms with Crippen LogP contribution in [0.25, 0.3) is 0 Å². The second-order valence-corrected chi connectivity index (χ2v) is 9.29. The van der Waals surface area contributed by atoms with Gasteiger partial charge in [-0.3, -0.25) is 4.79 Å². The summed E-state index contributed by atoms with van der Waals surface area (Å²) < 4.78 is 0. The minimum absolute atomic E-state index is 0.0734. The average molecular weight is 289 g/mol. The molecule has 4 saturated carbocycles. The van der Waals surface area contributed by atoms with Crippen molar-refractivity contribution in [2.45, 2.75) is 57.9 Å². The van der Waals surface area contributed by atoms with Crippen molar-refractivity contribution in [3.63, 3.8) is 0 Å². The molecular weight excluding hydrogens is 266 g/mol. The maximum Gasteiger partial charge on any atom is 0.261 e. The third-order valence-electron chi connectivity index (χ3n) is 5.75. The van der Waals surface area contributed by atoms with E-state index in [1.165, 1.54) is 38.5 Å². The summed E-state index contributed by atoms with van der Waals surface area (Å²) in [5.41, 5.74) is 0.984. The van der Waals surface area contributed by atoms with Crippen molar-refractivity contribution in [2.24, 2.45) is 16.7 Å². The van der Waals surface area contributed by atoms with Gasteiger partial charge in [0.1, 0.15) is 0 Å². The second kappa shape index (κ2) is 3.88. The van der Waals surface area contributed by atoms with Gasteiger partial charge < -0.3 is 5.32 Å². The van der Waals surface area contributed by atoms with Crippen LogP contribution >= 0.6 is 11.3 Å². The number of thiophene rings is 1. The fourth-order valence-electron chi connectivity index (χ4n) is 6.30.